The molecule has 1 fully saturated rings. The van der Waals surface area contributed by atoms with Crippen LogP contribution in [0.3, 0.4) is 0 Å². The highest BCUT2D eigenvalue weighted by molar-refractivity contribution is 6.32. The van der Waals surface area contributed by atoms with E-state index in [1.165, 1.54) is 25.7 Å². The fraction of sp³-hybridized carbons (Fsp3) is 0.611. The van der Waals surface area contributed by atoms with Crippen molar-refractivity contribution < 1.29 is 14.3 Å². The third-order valence-corrected chi connectivity index (χ3v) is 4.73. The Morgan fingerprint density at radius 3 is 2.61 bits per heavy atom. The zero-order chi connectivity index (χ0) is 16.1. The number of carbonyl (C=O) groups is 1. The summed E-state index contributed by atoms with van der Waals surface area (Å²) in [6.45, 7) is 1.22. The average Bonchev–Trinajstić information content (AvgIpc) is 2.90. The van der Waals surface area contributed by atoms with Crippen LogP contribution in [0.15, 0.2) is 12.1 Å². The van der Waals surface area contributed by atoms with Gasteiger partial charge in [-0.2, -0.15) is 0 Å². The van der Waals surface area contributed by atoms with Gasteiger partial charge in [-0.15, -0.1) is 0 Å². The molecule has 1 N–H and O–H groups in total. The Morgan fingerprint density at radius 2 is 1.83 bits per heavy atom. The Bertz CT molecular complexity index is 553. The van der Waals surface area contributed by atoms with E-state index in [2.05, 4.69) is 5.32 Å². The van der Waals surface area contributed by atoms with Crippen molar-refractivity contribution >= 4 is 17.5 Å². The van der Waals surface area contributed by atoms with Gasteiger partial charge in [0.25, 0.3) is 0 Å². The maximum atomic E-state index is 12.3. The molecule has 0 spiro atoms. The molecule has 1 heterocycles. The minimum atomic E-state index is 0.0578. The fourth-order valence-electron chi connectivity index (χ4n) is 3.27. The van der Waals surface area contributed by atoms with Crippen molar-refractivity contribution in [3.05, 3.63) is 22.7 Å². The van der Waals surface area contributed by atoms with Crippen molar-refractivity contribution in [2.45, 2.75) is 57.4 Å². The van der Waals surface area contributed by atoms with Gasteiger partial charge in [0.05, 0.1) is 24.7 Å². The molecule has 4 nitrogen and oxygen atoms in total. The molecule has 0 aromatic heterocycles. The van der Waals surface area contributed by atoms with Gasteiger partial charge in [-0.1, -0.05) is 37.3 Å². The zero-order valence-electron chi connectivity index (χ0n) is 13.4. The third-order valence-electron chi connectivity index (χ3n) is 4.45. The van der Waals surface area contributed by atoms with E-state index in [4.69, 9.17) is 21.1 Å². The molecule has 0 saturated heterocycles. The van der Waals surface area contributed by atoms with Crippen molar-refractivity contribution in [3.63, 3.8) is 0 Å². The quantitative estimate of drug-likeness (QED) is 0.851. The Kier molecular flexibility index (Phi) is 5.65. The molecule has 1 aromatic rings. The lowest BCUT2D eigenvalue weighted by molar-refractivity contribution is -0.121. The largest absolute Gasteiger partial charge is 0.489 e. The number of fused-ring (bicyclic) bond motifs is 1. The van der Waals surface area contributed by atoms with Gasteiger partial charge in [-0.05, 0) is 30.5 Å². The molecule has 5 heteroatoms. The summed E-state index contributed by atoms with van der Waals surface area (Å²) in [6.07, 6.45) is 8.33. The Morgan fingerprint density at radius 1 is 1.09 bits per heavy atom. The van der Waals surface area contributed by atoms with Crippen molar-refractivity contribution in [2.24, 2.45) is 0 Å². The molecule has 1 aliphatic heterocycles. The van der Waals surface area contributed by atoms with Crippen molar-refractivity contribution in [1.29, 1.82) is 0 Å². The lowest BCUT2D eigenvalue weighted by Crippen LogP contribution is -2.35. The van der Waals surface area contributed by atoms with Gasteiger partial charge < -0.3 is 14.8 Å². The van der Waals surface area contributed by atoms with E-state index in [0.29, 0.717) is 42.2 Å². The van der Waals surface area contributed by atoms with Crippen LogP contribution in [0.5, 0.6) is 11.5 Å². The van der Waals surface area contributed by atoms with Crippen LogP contribution < -0.4 is 14.8 Å². The third kappa shape index (κ3) is 4.54. The number of carbonyl (C=O) groups excluding carboxylic acids is 1. The molecule has 3 rings (SSSR count). The second-order valence-electron chi connectivity index (χ2n) is 6.39. The second kappa shape index (κ2) is 7.91. The zero-order valence-corrected chi connectivity index (χ0v) is 14.2. The second-order valence-corrected chi connectivity index (χ2v) is 6.80. The van der Waals surface area contributed by atoms with E-state index in [-0.39, 0.29) is 5.91 Å². The van der Waals surface area contributed by atoms with Gasteiger partial charge >= 0.3 is 0 Å². The summed E-state index contributed by atoms with van der Waals surface area (Å²) < 4.78 is 11.3. The first-order valence-corrected chi connectivity index (χ1v) is 8.97. The molecule has 1 aromatic carbocycles. The van der Waals surface area contributed by atoms with E-state index in [1.54, 1.807) is 0 Å². The standard InChI is InChI=1S/C18H24ClNO3/c19-15-10-13(11-16-18(15)23-9-5-8-22-16)12-17(21)20-14-6-3-1-2-4-7-14/h10-11,14H,1-9,12H2,(H,20,21). The molecule has 126 valence electrons. The van der Waals surface area contributed by atoms with Crippen molar-refractivity contribution in [2.75, 3.05) is 13.2 Å². The Hall–Kier alpha value is -1.42. The summed E-state index contributed by atoms with van der Waals surface area (Å²) >= 11 is 6.28. The summed E-state index contributed by atoms with van der Waals surface area (Å²) in [5, 5.41) is 3.68. The molecule has 1 saturated carbocycles. The van der Waals surface area contributed by atoms with Crippen molar-refractivity contribution in [1.82, 2.24) is 5.32 Å². The first kappa shape index (κ1) is 16.4. The number of halogens is 1. The van der Waals surface area contributed by atoms with Crippen molar-refractivity contribution in [3.8, 4) is 11.5 Å². The van der Waals surface area contributed by atoms with Gasteiger partial charge in [-0.25, -0.2) is 0 Å². The van der Waals surface area contributed by atoms with Crippen LogP contribution >= 0.6 is 11.6 Å². The number of amides is 1. The number of nitrogens with one attached hydrogen (secondary N) is 1. The molecular formula is C18H24ClNO3. The van der Waals surface area contributed by atoms with E-state index in [1.807, 2.05) is 12.1 Å². The molecule has 0 atom stereocenters. The maximum absolute atomic E-state index is 12.3. The van der Waals surface area contributed by atoms with Crippen LogP contribution in [-0.2, 0) is 11.2 Å². The number of hydrogen-bond donors (Lipinski definition) is 1. The average molecular weight is 338 g/mol. The van der Waals surface area contributed by atoms with Crippen LogP contribution in [-0.4, -0.2) is 25.2 Å². The number of hydrogen-bond acceptors (Lipinski definition) is 3. The van der Waals surface area contributed by atoms with Crippen LogP contribution in [0.2, 0.25) is 5.02 Å². The summed E-state index contributed by atoms with van der Waals surface area (Å²) in [5.74, 6) is 1.30. The maximum Gasteiger partial charge on any atom is 0.224 e. The molecule has 0 bridgehead atoms. The number of ether oxygens (including phenoxy) is 2. The lowest BCUT2D eigenvalue weighted by atomic mass is 10.1. The predicted molar refractivity (Wildman–Crippen MR) is 90.4 cm³/mol. The highest BCUT2D eigenvalue weighted by atomic mass is 35.5. The minimum Gasteiger partial charge on any atom is -0.489 e. The molecule has 23 heavy (non-hydrogen) atoms. The van der Waals surface area contributed by atoms with E-state index in [0.717, 1.165) is 24.8 Å². The van der Waals surface area contributed by atoms with Gasteiger partial charge in [0.2, 0.25) is 5.91 Å². The molecule has 2 aliphatic rings. The minimum absolute atomic E-state index is 0.0578. The highest BCUT2D eigenvalue weighted by Gasteiger charge is 2.18. The fourth-order valence-corrected chi connectivity index (χ4v) is 3.56. The Balaban J connectivity index is 1.64. The smallest absolute Gasteiger partial charge is 0.224 e. The van der Waals surface area contributed by atoms with E-state index >= 15 is 0 Å². The predicted octanol–water partition coefficient (Wildman–Crippen LogP) is 3.88. The molecule has 1 amide bonds. The molecule has 0 radical (unpaired) electrons. The van der Waals surface area contributed by atoms with E-state index < -0.39 is 0 Å². The van der Waals surface area contributed by atoms with Crippen LogP contribution in [0, 0.1) is 0 Å². The van der Waals surface area contributed by atoms with Gasteiger partial charge in [0.1, 0.15) is 0 Å². The molecular weight excluding hydrogens is 314 g/mol. The van der Waals surface area contributed by atoms with Gasteiger partial charge in [-0.3, -0.25) is 4.79 Å². The number of benzene rings is 1. The van der Waals surface area contributed by atoms with Gasteiger partial charge in [0.15, 0.2) is 11.5 Å². The summed E-state index contributed by atoms with van der Waals surface area (Å²) in [6, 6.07) is 4.00. The highest BCUT2D eigenvalue weighted by Crippen LogP contribution is 2.38. The monoisotopic (exact) mass is 337 g/mol. The van der Waals surface area contributed by atoms with Crippen LogP contribution in [0.25, 0.3) is 0 Å². The number of rotatable bonds is 3. The first-order chi connectivity index (χ1) is 11.2. The topological polar surface area (TPSA) is 47.6 Å². The van der Waals surface area contributed by atoms with Crippen LogP contribution in [0.4, 0.5) is 0 Å². The lowest BCUT2D eigenvalue weighted by Gasteiger charge is -2.17. The molecule has 0 unspecified atom stereocenters. The summed E-state index contributed by atoms with van der Waals surface area (Å²) in [4.78, 5) is 12.3. The van der Waals surface area contributed by atoms with E-state index in [9.17, 15) is 4.79 Å². The normalized spacial score (nSPS) is 18.8. The SMILES string of the molecule is O=C(Cc1cc(Cl)c2c(c1)OCCCO2)NC1CCCCCC1. The first-order valence-electron chi connectivity index (χ1n) is 8.60. The molecule has 1 aliphatic carbocycles. The van der Waals surface area contributed by atoms with Crippen LogP contribution in [0.1, 0.15) is 50.5 Å². The summed E-state index contributed by atoms with van der Waals surface area (Å²) in [5.41, 5.74) is 0.866. The summed E-state index contributed by atoms with van der Waals surface area (Å²) in [7, 11) is 0. The van der Waals surface area contributed by atoms with Gasteiger partial charge in [0, 0.05) is 12.5 Å². The Labute approximate surface area is 142 Å².